The van der Waals surface area contributed by atoms with Crippen molar-refractivity contribution in [1.29, 1.82) is 0 Å². The molecule has 1 atom stereocenters. The zero-order valence-corrected chi connectivity index (χ0v) is 7.47. The van der Waals surface area contributed by atoms with Crippen LogP contribution in [0.1, 0.15) is 46.0 Å². The van der Waals surface area contributed by atoms with Gasteiger partial charge >= 0.3 is 0 Å². The van der Waals surface area contributed by atoms with Crippen LogP contribution in [-0.2, 0) is 4.79 Å². The molecule has 0 aromatic heterocycles. The fourth-order valence-corrected chi connectivity index (χ4v) is 0.968. The van der Waals surface area contributed by atoms with E-state index in [4.69, 9.17) is 5.11 Å². The molecular formula is C9H18O2. The van der Waals surface area contributed by atoms with Crippen molar-refractivity contribution in [2.24, 2.45) is 0 Å². The van der Waals surface area contributed by atoms with E-state index in [1.807, 2.05) is 0 Å². The lowest BCUT2D eigenvalue weighted by atomic mass is 10.1. The Labute approximate surface area is 68.6 Å². The molecule has 0 bridgehead atoms. The lowest BCUT2D eigenvalue weighted by Gasteiger charge is -2.04. The molecule has 0 aliphatic carbocycles. The van der Waals surface area contributed by atoms with Gasteiger partial charge in [0.1, 0.15) is 6.10 Å². The Kier molecular flexibility index (Phi) is 6.13. The summed E-state index contributed by atoms with van der Waals surface area (Å²) in [6, 6.07) is 0. The number of Topliss-reactive ketones (excluding diaryl/α,β-unsaturated/α-hetero) is 1. The molecule has 0 aromatic rings. The highest BCUT2D eigenvalue weighted by molar-refractivity contribution is 5.79. The van der Waals surface area contributed by atoms with Gasteiger partial charge in [-0.15, -0.1) is 0 Å². The fraction of sp³-hybridized carbons (Fsp3) is 0.889. The summed E-state index contributed by atoms with van der Waals surface area (Å²) in [5.74, 6) is -0.110. The van der Waals surface area contributed by atoms with Crippen molar-refractivity contribution in [3.8, 4) is 0 Å². The summed E-state index contributed by atoms with van der Waals surface area (Å²) in [5.41, 5.74) is 0. The third kappa shape index (κ3) is 6.05. The van der Waals surface area contributed by atoms with Gasteiger partial charge in [0.05, 0.1) is 0 Å². The second-order valence-electron chi connectivity index (χ2n) is 2.98. The highest BCUT2D eigenvalue weighted by atomic mass is 16.3. The van der Waals surface area contributed by atoms with Crippen LogP contribution in [0.3, 0.4) is 0 Å². The van der Waals surface area contributed by atoms with Gasteiger partial charge in [-0.3, -0.25) is 4.79 Å². The second-order valence-corrected chi connectivity index (χ2v) is 2.98. The van der Waals surface area contributed by atoms with Gasteiger partial charge in [-0.1, -0.05) is 32.6 Å². The number of hydrogen-bond donors (Lipinski definition) is 1. The van der Waals surface area contributed by atoms with Gasteiger partial charge in [-0.2, -0.15) is 0 Å². The van der Waals surface area contributed by atoms with Crippen molar-refractivity contribution in [2.45, 2.75) is 52.1 Å². The molecule has 0 aliphatic heterocycles. The zero-order valence-electron chi connectivity index (χ0n) is 7.47. The number of hydrogen-bond acceptors (Lipinski definition) is 2. The topological polar surface area (TPSA) is 37.3 Å². The van der Waals surface area contributed by atoms with E-state index in [0.717, 1.165) is 12.8 Å². The van der Waals surface area contributed by atoms with Crippen LogP contribution >= 0.6 is 0 Å². The number of aliphatic hydroxyl groups is 1. The molecule has 0 saturated heterocycles. The van der Waals surface area contributed by atoms with Crippen LogP contribution in [0.4, 0.5) is 0 Å². The minimum absolute atomic E-state index is 0.110. The Morgan fingerprint density at radius 1 is 1.36 bits per heavy atom. The van der Waals surface area contributed by atoms with Crippen molar-refractivity contribution in [3.05, 3.63) is 0 Å². The maximum atomic E-state index is 10.6. The van der Waals surface area contributed by atoms with E-state index >= 15 is 0 Å². The molecule has 1 unspecified atom stereocenters. The molecule has 0 saturated carbocycles. The Morgan fingerprint density at radius 2 is 2.00 bits per heavy atom. The zero-order chi connectivity index (χ0) is 8.69. The molecule has 66 valence electrons. The van der Waals surface area contributed by atoms with Crippen molar-refractivity contribution in [2.75, 3.05) is 0 Å². The minimum atomic E-state index is -0.716. The number of rotatable bonds is 6. The summed E-state index contributed by atoms with van der Waals surface area (Å²) in [7, 11) is 0. The summed E-state index contributed by atoms with van der Waals surface area (Å²) in [5, 5.41) is 9.08. The van der Waals surface area contributed by atoms with Crippen LogP contribution in [0.25, 0.3) is 0 Å². The number of ketones is 1. The number of unbranched alkanes of at least 4 members (excludes halogenated alkanes) is 3. The summed E-state index contributed by atoms with van der Waals surface area (Å²) < 4.78 is 0. The van der Waals surface area contributed by atoms with Gasteiger partial charge < -0.3 is 5.11 Å². The van der Waals surface area contributed by atoms with E-state index in [9.17, 15) is 4.79 Å². The van der Waals surface area contributed by atoms with E-state index in [0.29, 0.717) is 6.42 Å². The first-order valence-electron chi connectivity index (χ1n) is 4.37. The molecule has 0 aromatic carbocycles. The highest BCUT2D eigenvalue weighted by Crippen LogP contribution is 2.05. The largest absolute Gasteiger partial charge is 0.385 e. The average Bonchev–Trinajstić information content (AvgIpc) is 1.97. The van der Waals surface area contributed by atoms with Crippen LogP contribution < -0.4 is 0 Å². The molecule has 2 nitrogen and oxygen atoms in total. The second kappa shape index (κ2) is 6.35. The lowest BCUT2D eigenvalue weighted by molar-refractivity contribution is -0.125. The summed E-state index contributed by atoms with van der Waals surface area (Å²) in [6.07, 6.45) is 4.40. The maximum Gasteiger partial charge on any atom is 0.158 e. The summed E-state index contributed by atoms with van der Waals surface area (Å²) >= 11 is 0. The monoisotopic (exact) mass is 158 g/mol. The van der Waals surface area contributed by atoms with E-state index in [1.165, 1.54) is 19.8 Å². The van der Waals surface area contributed by atoms with Gasteiger partial charge in [0.25, 0.3) is 0 Å². The van der Waals surface area contributed by atoms with Crippen LogP contribution in [0, 0.1) is 0 Å². The van der Waals surface area contributed by atoms with Crippen LogP contribution in [0.15, 0.2) is 0 Å². The third-order valence-corrected chi connectivity index (χ3v) is 1.80. The Morgan fingerprint density at radius 3 is 2.45 bits per heavy atom. The fourth-order valence-electron chi connectivity index (χ4n) is 0.968. The first-order valence-corrected chi connectivity index (χ1v) is 4.37. The smallest absolute Gasteiger partial charge is 0.158 e. The normalized spacial score (nSPS) is 13.0. The minimum Gasteiger partial charge on any atom is -0.385 e. The van der Waals surface area contributed by atoms with Gasteiger partial charge in [0, 0.05) is 0 Å². The molecule has 11 heavy (non-hydrogen) atoms. The first kappa shape index (κ1) is 10.6. The Hall–Kier alpha value is -0.370. The molecule has 0 spiro atoms. The number of aliphatic hydroxyl groups excluding tert-OH is 1. The SMILES string of the molecule is CCCCCCC(O)C(C)=O. The Bertz CT molecular complexity index is 110. The van der Waals surface area contributed by atoms with Crippen molar-refractivity contribution >= 4 is 5.78 Å². The molecular weight excluding hydrogens is 140 g/mol. The predicted octanol–water partition coefficient (Wildman–Crippen LogP) is 1.91. The van der Waals surface area contributed by atoms with Gasteiger partial charge in [-0.25, -0.2) is 0 Å². The molecule has 1 N–H and O–H groups in total. The molecule has 0 heterocycles. The third-order valence-electron chi connectivity index (χ3n) is 1.80. The lowest BCUT2D eigenvalue weighted by Crippen LogP contribution is -2.16. The Balaban J connectivity index is 3.17. The molecule has 0 aliphatic rings. The molecule has 0 rings (SSSR count). The molecule has 0 radical (unpaired) electrons. The van der Waals surface area contributed by atoms with Gasteiger partial charge in [0.2, 0.25) is 0 Å². The van der Waals surface area contributed by atoms with E-state index in [-0.39, 0.29) is 5.78 Å². The van der Waals surface area contributed by atoms with Crippen LogP contribution in [0.2, 0.25) is 0 Å². The molecule has 0 amide bonds. The van der Waals surface area contributed by atoms with Crippen molar-refractivity contribution < 1.29 is 9.90 Å². The van der Waals surface area contributed by atoms with Crippen LogP contribution in [0.5, 0.6) is 0 Å². The standard InChI is InChI=1S/C9H18O2/c1-3-4-5-6-7-9(11)8(2)10/h9,11H,3-7H2,1-2H3. The van der Waals surface area contributed by atoms with Gasteiger partial charge in [-0.05, 0) is 13.3 Å². The molecule has 0 fully saturated rings. The highest BCUT2D eigenvalue weighted by Gasteiger charge is 2.07. The summed E-state index contributed by atoms with van der Waals surface area (Å²) in [4.78, 5) is 10.6. The van der Waals surface area contributed by atoms with Gasteiger partial charge in [0.15, 0.2) is 5.78 Å². The average molecular weight is 158 g/mol. The maximum absolute atomic E-state index is 10.6. The van der Waals surface area contributed by atoms with Crippen molar-refractivity contribution in [3.63, 3.8) is 0 Å². The van der Waals surface area contributed by atoms with Crippen molar-refractivity contribution in [1.82, 2.24) is 0 Å². The molecule has 2 heteroatoms. The first-order chi connectivity index (χ1) is 5.18. The number of carbonyl (C=O) groups excluding carboxylic acids is 1. The van der Waals surface area contributed by atoms with Crippen LogP contribution in [-0.4, -0.2) is 17.0 Å². The van der Waals surface area contributed by atoms with E-state index < -0.39 is 6.10 Å². The van der Waals surface area contributed by atoms with E-state index in [2.05, 4.69) is 6.92 Å². The predicted molar refractivity (Wildman–Crippen MR) is 45.4 cm³/mol. The number of carbonyl (C=O) groups is 1. The summed E-state index contributed by atoms with van der Waals surface area (Å²) in [6.45, 7) is 3.58. The van der Waals surface area contributed by atoms with E-state index in [1.54, 1.807) is 0 Å². The quantitative estimate of drug-likeness (QED) is 0.599.